The lowest BCUT2D eigenvalue weighted by Crippen LogP contribution is -2.48. The standard InChI is InChI=1S/C22H24N2O2/c1-15(16-7-3-2-4-8-16)23-21(25)20-19-10-6-5-9-17(19)13-14-24(20)22(26)18-11-12-18/h2-10,15,18,20H,11-14H2,1H3,(H,23,25)/t15-,20+/m1/s1. The minimum Gasteiger partial charge on any atom is -0.347 e. The van der Waals surface area contributed by atoms with Crippen LogP contribution in [0.1, 0.15) is 48.5 Å². The first-order valence-corrected chi connectivity index (χ1v) is 9.39. The lowest BCUT2D eigenvalue weighted by molar-refractivity contribution is -0.142. The van der Waals surface area contributed by atoms with Crippen molar-refractivity contribution in [3.63, 3.8) is 0 Å². The Bertz CT molecular complexity index is 814. The summed E-state index contributed by atoms with van der Waals surface area (Å²) in [4.78, 5) is 27.8. The third-order valence-corrected chi connectivity index (χ3v) is 5.40. The van der Waals surface area contributed by atoms with Crippen LogP contribution in [0.15, 0.2) is 54.6 Å². The Morgan fingerprint density at radius 2 is 1.73 bits per heavy atom. The number of nitrogens with zero attached hydrogens (tertiary/aromatic N) is 1. The highest BCUT2D eigenvalue weighted by molar-refractivity contribution is 5.91. The Morgan fingerprint density at radius 3 is 2.46 bits per heavy atom. The first-order valence-electron chi connectivity index (χ1n) is 9.39. The molecule has 1 fully saturated rings. The molecule has 1 N–H and O–H groups in total. The quantitative estimate of drug-likeness (QED) is 0.921. The van der Waals surface area contributed by atoms with E-state index < -0.39 is 6.04 Å². The summed E-state index contributed by atoms with van der Waals surface area (Å²) >= 11 is 0. The molecule has 4 nitrogen and oxygen atoms in total. The maximum Gasteiger partial charge on any atom is 0.247 e. The predicted molar refractivity (Wildman–Crippen MR) is 100 cm³/mol. The van der Waals surface area contributed by atoms with Crippen molar-refractivity contribution >= 4 is 11.8 Å². The smallest absolute Gasteiger partial charge is 0.247 e. The summed E-state index contributed by atoms with van der Waals surface area (Å²) in [6.45, 7) is 2.60. The Morgan fingerprint density at radius 1 is 1.04 bits per heavy atom. The number of amides is 2. The zero-order valence-electron chi connectivity index (χ0n) is 15.0. The van der Waals surface area contributed by atoms with Crippen LogP contribution in [-0.4, -0.2) is 23.3 Å². The molecule has 2 amide bonds. The molecule has 1 aliphatic heterocycles. The van der Waals surface area contributed by atoms with Crippen LogP contribution in [0.25, 0.3) is 0 Å². The Labute approximate surface area is 154 Å². The topological polar surface area (TPSA) is 49.4 Å². The minimum absolute atomic E-state index is 0.0949. The van der Waals surface area contributed by atoms with Crippen molar-refractivity contribution in [2.24, 2.45) is 5.92 Å². The highest BCUT2D eigenvalue weighted by Gasteiger charge is 2.41. The molecule has 4 heteroatoms. The maximum absolute atomic E-state index is 13.2. The second-order valence-electron chi connectivity index (χ2n) is 7.30. The van der Waals surface area contributed by atoms with Crippen LogP contribution in [0.5, 0.6) is 0 Å². The SMILES string of the molecule is C[C@@H](NC(=O)[C@@H]1c2ccccc2CCN1C(=O)C1CC1)c1ccccc1. The fourth-order valence-electron chi connectivity index (χ4n) is 3.77. The van der Waals surface area contributed by atoms with Crippen LogP contribution >= 0.6 is 0 Å². The number of nitrogens with one attached hydrogen (secondary N) is 1. The molecular weight excluding hydrogens is 324 g/mol. The number of benzene rings is 2. The molecule has 134 valence electrons. The van der Waals surface area contributed by atoms with Gasteiger partial charge in [0.2, 0.25) is 11.8 Å². The van der Waals surface area contributed by atoms with Gasteiger partial charge in [0.05, 0.1) is 6.04 Å². The number of carbonyl (C=O) groups excluding carboxylic acids is 2. The average Bonchev–Trinajstić information content (AvgIpc) is 3.52. The van der Waals surface area contributed by atoms with Gasteiger partial charge >= 0.3 is 0 Å². The van der Waals surface area contributed by atoms with Gasteiger partial charge in [-0.15, -0.1) is 0 Å². The molecule has 2 atom stereocenters. The normalized spacial score (nSPS) is 20.2. The van der Waals surface area contributed by atoms with E-state index in [1.807, 2.05) is 55.5 Å². The maximum atomic E-state index is 13.2. The second kappa shape index (κ2) is 6.94. The van der Waals surface area contributed by atoms with Gasteiger partial charge in [0.25, 0.3) is 0 Å². The van der Waals surface area contributed by atoms with Crippen molar-refractivity contribution in [1.29, 1.82) is 0 Å². The first-order chi connectivity index (χ1) is 12.6. The van der Waals surface area contributed by atoms with Crippen molar-refractivity contribution in [1.82, 2.24) is 10.2 Å². The molecule has 1 heterocycles. The zero-order chi connectivity index (χ0) is 18.1. The molecule has 2 aliphatic rings. The third kappa shape index (κ3) is 3.24. The van der Waals surface area contributed by atoms with Gasteiger partial charge in [0.15, 0.2) is 0 Å². The van der Waals surface area contributed by atoms with Crippen LogP contribution in [0.4, 0.5) is 0 Å². The van der Waals surface area contributed by atoms with Crippen LogP contribution < -0.4 is 5.32 Å². The number of hydrogen-bond donors (Lipinski definition) is 1. The lowest BCUT2D eigenvalue weighted by Gasteiger charge is -2.37. The van der Waals surface area contributed by atoms with Gasteiger partial charge in [-0.05, 0) is 42.9 Å². The van der Waals surface area contributed by atoms with Gasteiger partial charge in [-0.2, -0.15) is 0 Å². The van der Waals surface area contributed by atoms with Crippen LogP contribution in [0.2, 0.25) is 0 Å². The van der Waals surface area contributed by atoms with Crippen molar-refractivity contribution in [3.8, 4) is 0 Å². The van der Waals surface area contributed by atoms with E-state index in [1.54, 1.807) is 4.90 Å². The van der Waals surface area contributed by atoms with Crippen molar-refractivity contribution in [2.75, 3.05) is 6.54 Å². The van der Waals surface area contributed by atoms with Crippen LogP contribution in [-0.2, 0) is 16.0 Å². The lowest BCUT2D eigenvalue weighted by atomic mass is 9.91. The minimum atomic E-state index is -0.529. The van der Waals surface area contributed by atoms with E-state index in [2.05, 4.69) is 11.4 Å². The summed E-state index contributed by atoms with van der Waals surface area (Å²) in [6.07, 6.45) is 2.71. The molecule has 0 saturated heterocycles. The van der Waals surface area contributed by atoms with E-state index in [4.69, 9.17) is 0 Å². The molecule has 0 spiro atoms. The molecule has 1 saturated carbocycles. The first kappa shape index (κ1) is 16.8. The van der Waals surface area contributed by atoms with Gasteiger partial charge in [0, 0.05) is 12.5 Å². The molecule has 0 aromatic heterocycles. The van der Waals surface area contributed by atoms with Crippen molar-refractivity contribution in [3.05, 3.63) is 71.3 Å². The third-order valence-electron chi connectivity index (χ3n) is 5.40. The van der Waals surface area contributed by atoms with E-state index in [0.29, 0.717) is 6.54 Å². The summed E-state index contributed by atoms with van der Waals surface area (Å²) in [5, 5.41) is 3.12. The summed E-state index contributed by atoms with van der Waals surface area (Å²) < 4.78 is 0. The molecule has 2 aromatic rings. The fraction of sp³-hybridized carbons (Fsp3) is 0.364. The average molecular weight is 348 g/mol. The van der Waals surface area contributed by atoms with Crippen LogP contribution in [0, 0.1) is 5.92 Å². The van der Waals surface area contributed by atoms with E-state index in [9.17, 15) is 9.59 Å². The number of fused-ring (bicyclic) bond motifs is 1. The van der Waals surface area contributed by atoms with Crippen molar-refractivity contribution < 1.29 is 9.59 Å². The second-order valence-corrected chi connectivity index (χ2v) is 7.30. The largest absolute Gasteiger partial charge is 0.347 e. The summed E-state index contributed by atoms with van der Waals surface area (Å²) in [7, 11) is 0. The molecule has 1 aliphatic carbocycles. The molecule has 2 aromatic carbocycles. The number of carbonyl (C=O) groups is 2. The predicted octanol–water partition coefficient (Wildman–Crippen LogP) is 3.40. The fourth-order valence-corrected chi connectivity index (χ4v) is 3.77. The van der Waals surface area contributed by atoms with Gasteiger partial charge in [-0.25, -0.2) is 0 Å². The molecule has 0 radical (unpaired) electrons. The van der Waals surface area contributed by atoms with E-state index in [0.717, 1.165) is 30.4 Å². The van der Waals surface area contributed by atoms with E-state index in [-0.39, 0.29) is 23.8 Å². The van der Waals surface area contributed by atoms with E-state index in [1.165, 1.54) is 5.56 Å². The van der Waals surface area contributed by atoms with Gasteiger partial charge in [-0.3, -0.25) is 9.59 Å². The van der Waals surface area contributed by atoms with E-state index >= 15 is 0 Å². The van der Waals surface area contributed by atoms with Crippen LogP contribution in [0.3, 0.4) is 0 Å². The number of hydrogen-bond acceptors (Lipinski definition) is 2. The monoisotopic (exact) mass is 348 g/mol. The molecule has 26 heavy (non-hydrogen) atoms. The van der Waals surface area contributed by atoms with Crippen molar-refractivity contribution in [2.45, 2.75) is 38.3 Å². The molecule has 4 rings (SSSR count). The highest BCUT2D eigenvalue weighted by Crippen LogP contribution is 2.37. The summed E-state index contributed by atoms with van der Waals surface area (Å²) in [5.74, 6) is 0.150. The van der Waals surface area contributed by atoms with Gasteiger partial charge in [0.1, 0.15) is 6.04 Å². The highest BCUT2D eigenvalue weighted by atomic mass is 16.2. The summed E-state index contributed by atoms with van der Waals surface area (Å²) in [5.41, 5.74) is 3.19. The van der Waals surface area contributed by atoms with Gasteiger partial charge < -0.3 is 10.2 Å². The Balaban J connectivity index is 1.61. The Hall–Kier alpha value is -2.62. The summed E-state index contributed by atoms with van der Waals surface area (Å²) in [6, 6.07) is 17.3. The van der Waals surface area contributed by atoms with Gasteiger partial charge in [-0.1, -0.05) is 54.6 Å². The molecule has 0 unspecified atom stereocenters. The number of rotatable bonds is 4. The molecule has 0 bridgehead atoms. The zero-order valence-corrected chi connectivity index (χ0v) is 15.0. The Kier molecular flexibility index (Phi) is 4.49. The molecular formula is C22H24N2O2.